The number of carbonyl (C=O) groups excluding carboxylic acids is 2. The second-order valence-corrected chi connectivity index (χ2v) is 9.18. The van der Waals surface area contributed by atoms with Gasteiger partial charge in [0.25, 0.3) is 0 Å². The van der Waals surface area contributed by atoms with E-state index in [-0.39, 0.29) is 24.2 Å². The topological polar surface area (TPSA) is 118 Å². The van der Waals surface area contributed by atoms with Gasteiger partial charge in [-0.3, -0.25) is 4.79 Å². The summed E-state index contributed by atoms with van der Waals surface area (Å²) < 4.78 is 42.9. The van der Waals surface area contributed by atoms with Crippen LogP contribution in [-0.2, 0) is 16.1 Å². The fourth-order valence-electron chi connectivity index (χ4n) is 4.05. The maximum absolute atomic E-state index is 13.2. The van der Waals surface area contributed by atoms with Crippen molar-refractivity contribution in [1.29, 1.82) is 0 Å². The predicted molar refractivity (Wildman–Crippen MR) is 121 cm³/mol. The quantitative estimate of drug-likeness (QED) is 0.318. The molecule has 0 radical (unpaired) electrons. The first-order chi connectivity index (χ1) is 16.2. The number of halogens is 3. The zero-order chi connectivity index (χ0) is 24.7. The van der Waals surface area contributed by atoms with E-state index in [1.807, 2.05) is 6.92 Å². The Bertz CT molecular complexity index is 818. The van der Waals surface area contributed by atoms with E-state index in [2.05, 4.69) is 20.9 Å². The highest BCUT2D eigenvalue weighted by atomic mass is 19.4. The van der Waals surface area contributed by atoms with Gasteiger partial charge in [0.1, 0.15) is 17.9 Å². The van der Waals surface area contributed by atoms with E-state index in [1.165, 1.54) is 6.20 Å². The number of carbonyl (C=O) groups is 2. The highest BCUT2D eigenvalue weighted by molar-refractivity contribution is 5.96. The van der Waals surface area contributed by atoms with Crippen molar-refractivity contribution in [1.82, 2.24) is 15.6 Å². The number of anilines is 1. The Kier molecular flexibility index (Phi) is 9.12. The summed E-state index contributed by atoms with van der Waals surface area (Å²) in [4.78, 5) is 29.7. The third-order valence-corrected chi connectivity index (χ3v) is 6.19. The van der Waals surface area contributed by atoms with Gasteiger partial charge in [0.15, 0.2) is 0 Å². The minimum atomic E-state index is -4.47. The number of rotatable bonds is 13. The van der Waals surface area contributed by atoms with Gasteiger partial charge in [-0.15, -0.1) is 0 Å². The Morgan fingerprint density at radius 2 is 1.91 bits per heavy atom. The van der Waals surface area contributed by atoms with E-state index in [0.717, 1.165) is 38.5 Å². The van der Waals surface area contributed by atoms with Gasteiger partial charge in [-0.2, -0.15) is 13.2 Å². The van der Waals surface area contributed by atoms with Crippen LogP contribution in [0.5, 0.6) is 0 Å². The lowest BCUT2D eigenvalue weighted by atomic mass is 9.89. The fraction of sp³-hybridized carbons (Fsp3) is 0.696. The predicted octanol–water partition coefficient (Wildman–Crippen LogP) is 3.33. The second-order valence-electron chi connectivity index (χ2n) is 9.18. The van der Waals surface area contributed by atoms with Gasteiger partial charge in [-0.05, 0) is 67.6 Å². The van der Waals surface area contributed by atoms with Crippen molar-refractivity contribution in [2.24, 2.45) is 23.5 Å². The number of amides is 2. The number of alkyl carbamates (subject to hydrolysis) is 1. The normalized spacial score (nSPS) is 17.8. The molecule has 190 valence electrons. The van der Waals surface area contributed by atoms with Gasteiger partial charge in [0, 0.05) is 19.3 Å². The van der Waals surface area contributed by atoms with E-state index < -0.39 is 30.9 Å². The molecule has 0 aromatic carbocycles. The molecule has 0 unspecified atom stereocenters. The van der Waals surface area contributed by atoms with Gasteiger partial charge in [-0.25, -0.2) is 9.78 Å². The number of hydrogen-bond acceptors (Lipinski definition) is 6. The largest absolute Gasteiger partial charge is 0.450 e. The summed E-state index contributed by atoms with van der Waals surface area (Å²) in [7, 11) is 0. The molecule has 34 heavy (non-hydrogen) atoms. The van der Waals surface area contributed by atoms with Gasteiger partial charge in [-0.1, -0.05) is 13.3 Å². The lowest BCUT2D eigenvalue weighted by Gasteiger charge is -2.27. The molecule has 0 spiro atoms. The van der Waals surface area contributed by atoms with Crippen molar-refractivity contribution >= 4 is 17.8 Å². The van der Waals surface area contributed by atoms with Crippen LogP contribution in [0.1, 0.15) is 51.0 Å². The minimum Gasteiger partial charge on any atom is -0.450 e. The summed E-state index contributed by atoms with van der Waals surface area (Å²) in [5.41, 5.74) is 5.75. The van der Waals surface area contributed by atoms with Crippen molar-refractivity contribution in [2.45, 2.75) is 70.3 Å². The van der Waals surface area contributed by atoms with Crippen LogP contribution >= 0.6 is 0 Å². The van der Waals surface area contributed by atoms with Crippen molar-refractivity contribution in [3.63, 3.8) is 0 Å². The summed E-state index contributed by atoms with van der Waals surface area (Å²) in [6.07, 6.45) is 2.19. The van der Waals surface area contributed by atoms with E-state index >= 15 is 0 Å². The Labute approximate surface area is 197 Å². The lowest BCUT2D eigenvalue weighted by Crippen LogP contribution is -2.50. The van der Waals surface area contributed by atoms with Crippen LogP contribution in [-0.4, -0.2) is 48.4 Å². The van der Waals surface area contributed by atoms with Gasteiger partial charge < -0.3 is 26.4 Å². The van der Waals surface area contributed by atoms with E-state index in [4.69, 9.17) is 10.5 Å². The van der Waals surface area contributed by atoms with Crippen LogP contribution in [0, 0.1) is 17.8 Å². The average Bonchev–Trinajstić information content (AvgIpc) is 3.68. The number of nitrogens with two attached hydrogens (primary N) is 1. The molecule has 0 saturated heterocycles. The summed E-state index contributed by atoms with van der Waals surface area (Å²) >= 11 is 0. The average molecular weight is 486 g/mol. The Balaban J connectivity index is 1.61. The molecule has 2 atom stereocenters. The molecular weight excluding hydrogens is 451 g/mol. The van der Waals surface area contributed by atoms with E-state index in [0.29, 0.717) is 24.0 Å². The zero-order valence-corrected chi connectivity index (χ0v) is 19.4. The molecule has 2 amide bonds. The SMILES string of the molecule is CCCCOC(=O)N[C@H](C(=O)Nc1cc(CNC[C@H](N)C(F)(F)F)ccn1)C(C1CC1)C1CC1. The summed E-state index contributed by atoms with van der Waals surface area (Å²) in [5, 5.41) is 8.22. The molecule has 2 aliphatic carbocycles. The molecule has 2 saturated carbocycles. The van der Waals surface area contributed by atoms with Crippen LogP contribution in [0.4, 0.5) is 23.8 Å². The summed E-state index contributed by atoms with van der Waals surface area (Å²) in [6, 6.07) is 0.533. The third-order valence-electron chi connectivity index (χ3n) is 6.19. The maximum atomic E-state index is 13.2. The van der Waals surface area contributed by atoms with E-state index in [1.54, 1.807) is 12.1 Å². The summed E-state index contributed by atoms with van der Waals surface area (Å²) in [5.74, 6) is 0.752. The monoisotopic (exact) mass is 485 g/mol. The molecule has 1 aromatic rings. The minimum absolute atomic E-state index is 0.0485. The number of nitrogens with zero attached hydrogens (tertiary/aromatic N) is 1. The van der Waals surface area contributed by atoms with Crippen LogP contribution in [0.25, 0.3) is 0 Å². The van der Waals surface area contributed by atoms with Crippen molar-refractivity contribution in [3.05, 3.63) is 23.9 Å². The maximum Gasteiger partial charge on any atom is 0.407 e. The molecule has 0 aliphatic heterocycles. The van der Waals surface area contributed by atoms with Crippen LogP contribution < -0.4 is 21.7 Å². The Morgan fingerprint density at radius 3 is 2.50 bits per heavy atom. The molecule has 1 heterocycles. The number of hydrogen-bond donors (Lipinski definition) is 4. The van der Waals surface area contributed by atoms with E-state index in [9.17, 15) is 22.8 Å². The molecule has 8 nitrogen and oxygen atoms in total. The molecule has 2 aliphatic rings. The van der Waals surface area contributed by atoms with Gasteiger partial charge >= 0.3 is 12.3 Å². The van der Waals surface area contributed by atoms with Crippen LogP contribution in [0.2, 0.25) is 0 Å². The molecule has 1 aromatic heterocycles. The number of ether oxygens (including phenoxy) is 1. The summed E-state index contributed by atoms with van der Waals surface area (Å²) in [6.45, 7) is 2.00. The molecule has 3 rings (SSSR count). The lowest BCUT2D eigenvalue weighted by molar-refractivity contribution is -0.146. The standard InChI is InChI=1S/C23H34F3N5O3/c1-2-3-10-34-22(33)31-20(19(15-4-5-15)16-6-7-16)21(32)30-18-11-14(8-9-29-18)12-28-13-17(27)23(24,25)26/h8-9,11,15-17,19-20,28H,2-7,10,12-13,27H2,1H3,(H,31,33)(H,29,30,32)/t17-,20-/m0/s1. The fourth-order valence-corrected chi connectivity index (χ4v) is 4.05. The number of aromatic nitrogens is 1. The number of alkyl halides is 3. The second kappa shape index (κ2) is 11.8. The zero-order valence-electron chi connectivity index (χ0n) is 19.4. The third kappa shape index (κ3) is 8.12. The van der Waals surface area contributed by atoms with Gasteiger partial charge in [0.05, 0.1) is 6.61 Å². The van der Waals surface area contributed by atoms with Crippen molar-refractivity contribution < 1.29 is 27.5 Å². The molecular formula is C23H34F3N5O3. The van der Waals surface area contributed by atoms with Gasteiger partial charge in [0.2, 0.25) is 5.91 Å². The molecule has 2 fully saturated rings. The highest BCUT2D eigenvalue weighted by Crippen LogP contribution is 2.50. The highest BCUT2D eigenvalue weighted by Gasteiger charge is 2.48. The Morgan fingerprint density at radius 1 is 1.24 bits per heavy atom. The van der Waals surface area contributed by atoms with Crippen molar-refractivity contribution in [3.8, 4) is 0 Å². The molecule has 5 N–H and O–H groups in total. The van der Waals surface area contributed by atoms with Crippen LogP contribution in [0.15, 0.2) is 18.3 Å². The number of unbranched alkanes of at least 4 members (excludes halogenated alkanes) is 1. The smallest absolute Gasteiger partial charge is 0.407 e. The number of pyridine rings is 1. The molecule has 0 bridgehead atoms. The molecule has 11 heteroatoms. The first-order valence-electron chi connectivity index (χ1n) is 11.9. The van der Waals surface area contributed by atoms with Crippen LogP contribution in [0.3, 0.4) is 0 Å². The van der Waals surface area contributed by atoms with Crippen molar-refractivity contribution in [2.75, 3.05) is 18.5 Å². The number of nitrogens with one attached hydrogen (secondary N) is 3. The first-order valence-corrected chi connectivity index (χ1v) is 11.9. The first kappa shape index (κ1) is 26.2. The Hall–Kier alpha value is -2.40.